The third kappa shape index (κ3) is 1.88. The van der Waals surface area contributed by atoms with E-state index in [2.05, 4.69) is 0 Å². The molecule has 1 N–H and O–H groups in total. The molecule has 0 radical (unpaired) electrons. The number of carbonyl (C=O) groups excluding carboxylic acids is 1. The second-order valence-corrected chi connectivity index (χ2v) is 5.42. The van der Waals surface area contributed by atoms with Gasteiger partial charge in [-0.2, -0.15) is 0 Å². The largest absolute Gasteiger partial charge is 0.507 e. The molecule has 2 unspecified atom stereocenters. The molecule has 1 aromatic carbocycles. The quantitative estimate of drug-likeness (QED) is 0.826. The lowest BCUT2D eigenvalue weighted by atomic mass is 9.85. The van der Waals surface area contributed by atoms with Gasteiger partial charge in [-0.15, -0.1) is 0 Å². The zero-order chi connectivity index (χ0) is 12.5. The number of hydrogen-bond donors (Lipinski definition) is 1. The number of carbonyl (C=O) groups is 1. The van der Waals surface area contributed by atoms with E-state index in [9.17, 15) is 9.90 Å². The van der Waals surface area contributed by atoms with Crippen molar-refractivity contribution in [2.45, 2.75) is 38.1 Å². The van der Waals surface area contributed by atoms with E-state index in [1.807, 2.05) is 4.90 Å². The fourth-order valence-corrected chi connectivity index (χ4v) is 3.47. The van der Waals surface area contributed by atoms with E-state index < -0.39 is 0 Å². The van der Waals surface area contributed by atoms with E-state index in [0.29, 0.717) is 17.5 Å². The fourth-order valence-electron chi connectivity index (χ4n) is 3.47. The van der Waals surface area contributed by atoms with Crippen molar-refractivity contribution in [3.8, 4) is 5.75 Å². The number of phenolic OH excluding ortho intramolecular Hbond substituents is 1. The Labute approximate surface area is 107 Å². The highest BCUT2D eigenvalue weighted by Gasteiger charge is 2.38. The standard InChI is InChI=1S/C15H19NO2/c17-14-8-4-2-6-12(14)15(18)16-10-9-11-5-1-3-7-13(11)16/h2,4,6,8,11,13,17H,1,3,5,7,9-10H2. The van der Waals surface area contributed by atoms with E-state index in [4.69, 9.17) is 0 Å². The number of fused-ring (bicyclic) bond motifs is 1. The van der Waals surface area contributed by atoms with Crippen molar-refractivity contribution < 1.29 is 9.90 Å². The first-order valence-electron chi connectivity index (χ1n) is 6.86. The summed E-state index contributed by atoms with van der Waals surface area (Å²) in [4.78, 5) is 14.5. The number of amides is 1. The van der Waals surface area contributed by atoms with Crippen LogP contribution in [0, 0.1) is 5.92 Å². The number of aromatic hydroxyl groups is 1. The van der Waals surface area contributed by atoms with Crippen molar-refractivity contribution >= 4 is 5.91 Å². The lowest BCUT2D eigenvalue weighted by Crippen LogP contribution is -2.39. The molecular formula is C15H19NO2. The Hall–Kier alpha value is -1.51. The van der Waals surface area contributed by atoms with Crippen LogP contribution in [0.5, 0.6) is 5.75 Å². The summed E-state index contributed by atoms with van der Waals surface area (Å²) in [5.74, 6) is 0.790. The summed E-state index contributed by atoms with van der Waals surface area (Å²) in [5, 5.41) is 9.79. The van der Waals surface area contributed by atoms with Gasteiger partial charge >= 0.3 is 0 Å². The predicted molar refractivity (Wildman–Crippen MR) is 69.5 cm³/mol. The average Bonchev–Trinajstić information content (AvgIpc) is 2.82. The second-order valence-electron chi connectivity index (χ2n) is 5.42. The fraction of sp³-hybridized carbons (Fsp3) is 0.533. The minimum Gasteiger partial charge on any atom is -0.507 e. The number of rotatable bonds is 1. The Balaban J connectivity index is 1.83. The molecule has 0 bridgehead atoms. The highest BCUT2D eigenvalue weighted by atomic mass is 16.3. The van der Waals surface area contributed by atoms with Crippen LogP contribution in [-0.2, 0) is 0 Å². The molecule has 1 saturated carbocycles. The van der Waals surface area contributed by atoms with E-state index >= 15 is 0 Å². The second kappa shape index (κ2) is 4.63. The number of benzene rings is 1. The molecule has 2 atom stereocenters. The SMILES string of the molecule is O=C(c1ccccc1O)N1CCC2CCCCC21. The summed E-state index contributed by atoms with van der Waals surface area (Å²) in [6.07, 6.45) is 6.05. The van der Waals surface area contributed by atoms with Gasteiger partial charge in [0.15, 0.2) is 0 Å². The molecule has 0 aromatic heterocycles. The molecule has 1 aromatic rings. The van der Waals surface area contributed by atoms with E-state index in [1.165, 1.54) is 19.3 Å². The molecule has 2 aliphatic rings. The minimum absolute atomic E-state index is 0.00231. The number of phenols is 1. The molecule has 18 heavy (non-hydrogen) atoms. The summed E-state index contributed by atoms with van der Waals surface area (Å²) in [5.41, 5.74) is 0.448. The van der Waals surface area contributed by atoms with E-state index in [0.717, 1.165) is 19.4 Å². The zero-order valence-corrected chi connectivity index (χ0v) is 10.5. The molecule has 1 heterocycles. The van der Waals surface area contributed by atoms with Gasteiger partial charge < -0.3 is 10.0 Å². The smallest absolute Gasteiger partial charge is 0.257 e. The van der Waals surface area contributed by atoms with Gasteiger partial charge in [0.2, 0.25) is 0 Å². The maximum atomic E-state index is 12.5. The third-order valence-corrected chi connectivity index (χ3v) is 4.41. The lowest BCUT2D eigenvalue weighted by molar-refractivity contribution is 0.0687. The van der Waals surface area contributed by atoms with Gasteiger partial charge in [-0.1, -0.05) is 25.0 Å². The van der Waals surface area contributed by atoms with Crippen molar-refractivity contribution in [3.63, 3.8) is 0 Å². The van der Waals surface area contributed by atoms with Crippen LogP contribution in [0.1, 0.15) is 42.5 Å². The summed E-state index contributed by atoms with van der Waals surface area (Å²) in [6, 6.07) is 7.27. The number of para-hydroxylation sites is 1. The van der Waals surface area contributed by atoms with Gasteiger partial charge in [0.05, 0.1) is 5.56 Å². The normalized spacial score (nSPS) is 27.0. The van der Waals surface area contributed by atoms with Crippen LogP contribution in [-0.4, -0.2) is 28.5 Å². The Bertz CT molecular complexity index is 458. The summed E-state index contributed by atoms with van der Waals surface area (Å²) in [6.45, 7) is 0.850. The van der Waals surface area contributed by atoms with E-state index in [1.54, 1.807) is 24.3 Å². The van der Waals surface area contributed by atoms with Crippen LogP contribution >= 0.6 is 0 Å². The zero-order valence-electron chi connectivity index (χ0n) is 10.5. The molecule has 3 heteroatoms. The Kier molecular flexibility index (Phi) is 2.98. The van der Waals surface area contributed by atoms with Crippen molar-refractivity contribution in [2.75, 3.05) is 6.54 Å². The molecule has 0 spiro atoms. The first-order chi connectivity index (χ1) is 8.77. The summed E-state index contributed by atoms with van der Waals surface area (Å²) >= 11 is 0. The lowest BCUT2D eigenvalue weighted by Gasteiger charge is -2.31. The van der Waals surface area contributed by atoms with Crippen molar-refractivity contribution in [2.24, 2.45) is 5.92 Å². The molecule has 3 rings (SSSR count). The molecule has 3 nitrogen and oxygen atoms in total. The van der Waals surface area contributed by atoms with Crippen LogP contribution < -0.4 is 0 Å². The maximum Gasteiger partial charge on any atom is 0.257 e. The van der Waals surface area contributed by atoms with Crippen LogP contribution in [0.4, 0.5) is 0 Å². The van der Waals surface area contributed by atoms with Crippen LogP contribution in [0.15, 0.2) is 24.3 Å². The molecular weight excluding hydrogens is 226 g/mol. The molecule has 1 aliphatic carbocycles. The van der Waals surface area contributed by atoms with Crippen LogP contribution in [0.2, 0.25) is 0 Å². The van der Waals surface area contributed by atoms with E-state index in [-0.39, 0.29) is 11.7 Å². The first-order valence-corrected chi connectivity index (χ1v) is 6.86. The van der Waals surface area contributed by atoms with Gasteiger partial charge in [-0.3, -0.25) is 4.79 Å². The highest BCUT2D eigenvalue weighted by molar-refractivity contribution is 5.97. The van der Waals surface area contributed by atoms with Crippen molar-refractivity contribution in [1.82, 2.24) is 4.90 Å². The summed E-state index contributed by atoms with van der Waals surface area (Å²) < 4.78 is 0. The van der Waals surface area contributed by atoms with Crippen LogP contribution in [0.3, 0.4) is 0 Å². The molecule has 96 valence electrons. The van der Waals surface area contributed by atoms with Gasteiger partial charge in [0.25, 0.3) is 5.91 Å². The number of nitrogens with zero attached hydrogens (tertiary/aromatic N) is 1. The van der Waals surface area contributed by atoms with Crippen molar-refractivity contribution in [3.05, 3.63) is 29.8 Å². The molecule has 1 aliphatic heterocycles. The molecule has 1 saturated heterocycles. The number of likely N-dealkylation sites (tertiary alicyclic amines) is 1. The molecule has 2 fully saturated rings. The highest BCUT2D eigenvalue weighted by Crippen LogP contribution is 2.37. The van der Waals surface area contributed by atoms with Gasteiger partial charge in [-0.25, -0.2) is 0 Å². The molecule has 1 amide bonds. The Morgan fingerprint density at radius 3 is 2.78 bits per heavy atom. The van der Waals surface area contributed by atoms with Gasteiger partial charge in [0, 0.05) is 12.6 Å². The van der Waals surface area contributed by atoms with Crippen LogP contribution in [0.25, 0.3) is 0 Å². The topological polar surface area (TPSA) is 40.5 Å². The number of hydrogen-bond acceptors (Lipinski definition) is 2. The monoisotopic (exact) mass is 245 g/mol. The first kappa shape index (κ1) is 11.6. The average molecular weight is 245 g/mol. The Morgan fingerprint density at radius 1 is 1.17 bits per heavy atom. The minimum atomic E-state index is 0.00231. The maximum absolute atomic E-state index is 12.5. The van der Waals surface area contributed by atoms with Gasteiger partial charge in [-0.05, 0) is 37.3 Å². The van der Waals surface area contributed by atoms with Crippen molar-refractivity contribution in [1.29, 1.82) is 0 Å². The van der Waals surface area contributed by atoms with Gasteiger partial charge in [0.1, 0.15) is 5.75 Å². The third-order valence-electron chi connectivity index (χ3n) is 4.41. The Morgan fingerprint density at radius 2 is 1.94 bits per heavy atom. The summed E-state index contributed by atoms with van der Waals surface area (Å²) in [7, 11) is 0. The predicted octanol–water partition coefficient (Wildman–Crippen LogP) is 2.80.